The highest BCUT2D eigenvalue weighted by Gasteiger charge is 2.17. The fourth-order valence-electron chi connectivity index (χ4n) is 5.17. The monoisotopic (exact) mass is 564 g/mol. The number of nitrogens with one attached hydrogen (secondary N) is 1. The van der Waals surface area contributed by atoms with Gasteiger partial charge in [-0.3, -0.25) is 4.79 Å². The minimum Gasteiger partial charge on any atom is -0.394 e. The molecule has 236 valence electrons. The summed E-state index contributed by atoms with van der Waals surface area (Å²) in [6.45, 7) is 4.27. The van der Waals surface area contributed by atoms with E-state index in [0.29, 0.717) is 6.42 Å². The van der Waals surface area contributed by atoms with Crippen LogP contribution in [0.4, 0.5) is 0 Å². The molecule has 0 aromatic heterocycles. The molecule has 0 aromatic carbocycles. The van der Waals surface area contributed by atoms with Gasteiger partial charge < -0.3 is 15.5 Å². The zero-order valence-electron chi connectivity index (χ0n) is 26.9. The second kappa shape index (κ2) is 32.4. The van der Waals surface area contributed by atoms with Crippen LogP contribution in [0.15, 0.2) is 24.3 Å². The lowest BCUT2D eigenvalue weighted by atomic mass is 10.1. The van der Waals surface area contributed by atoms with Gasteiger partial charge in [0.25, 0.3) is 0 Å². The normalized spacial score (nSPS) is 13.4. The molecule has 0 aliphatic carbocycles. The zero-order valence-corrected chi connectivity index (χ0v) is 26.9. The molecule has 0 heterocycles. The molecule has 4 nitrogen and oxygen atoms in total. The highest BCUT2D eigenvalue weighted by Crippen LogP contribution is 2.13. The van der Waals surface area contributed by atoms with Gasteiger partial charge in [-0.15, -0.1) is 0 Å². The topological polar surface area (TPSA) is 69.6 Å². The van der Waals surface area contributed by atoms with Crippen molar-refractivity contribution in [3.8, 4) is 0 Å². The minimum absolute atomic E-state index is 0.0719. The van der Waals surface area contributed by atoms with E-state index >= 15 is 0 Å². The van der Waals surface area contributed by atoms with Crippen LogP contribution in [0.2, 0.25) is 0 Å². The van der Waals surface area contributed by atoms with Crippen molar-refractivity contribution in [3.05, 3.63) is 24.3 Å². The fraction of sp³-hybridized carbons (Fsp3) is 0.861. The second-order valence-corrected chi connectivity index (χ2v) is 11.9. The summed E-state index contributed by atoms with van der Waals surface area (Å²) >= 11 is 0. The van der Waals surface area contributed by atoms with Crippen molar-refractivity contribution in [2.24, 2.45) is 0 Å². The van der Waals surface area contributed by atoms with Gasteiger partial charge >= 0.3 is 0 Å². The highest BCUT2D eigenvalue weighted by molar-refractivity contribution is 5.76. The van der Waals surface area contributed by atoms with Gasteiger partial charge in [0, 0.05) is 6.42 Å². The average Bonchev–Trinajstić information content (AvgIpc) is 2.96. The summed E-state index contributed by atoms with van der Waals surface area (Å²) < 4.78 is 0. The minimum atomic E-state index is -0.835. The van der Waals surface area contributed by atoms with Crippen molar-refractivity contribution in [1.29, 1.82) is 0 Å². The van der Waals surface area contributed by atoms with Gasteiger partial charge in [-0.1, -0.05) is 154 Å². The summed E-state index contributed by atoms with van der Waals surface area (Å²) in [5.41, 5.74) is 0. The van der Waals surface area contributed by atoms with Crippen LogP contribution < -0.4 is 5.32 Å². The molecule has 0 aliphatic heterocycles. The number of hydrogen-bond acceptors (Lipinski definition) is 3. The number of rotatable bonds is 31. The summed E-state index contributed by atoms with van der Waals surface area (Å²) in [6, 6.07) is -0.618. The first-order valence-electron chi connectivity index (χ1n) is 17.6. The number of aliphatic hydroxyl groups excluding tert-OH is 2. The molecule has 0 aliphatic rings. The molecule has 4 heteroatoms. The number of carbonyl (C=O) groups is 1. The van der Waals surface area contributed by atoms with Crippen LogP contribution in [-0.4, -0.2) is 34.9 Å². The van der Waals surface area contributed by atoms with Gasteiger partial charge in [-0.05, 0) is 44.9 Å². The van der Waals surface area contributed by atoms with Crippen molar-refractivity contribution >= 4 is 5.91 Å². The number of carbonyl (C=O) groups excluding carboxylic acids is 1. The van der Waals surface area contributed by atoms with Crippen LogP contribution in [-0.2, 0) is 4.79 Å². The predicted molar refractivity (Wildman–Crippen MR) is 175 cm³/mol. The van der Waals surface area contributed by atoms with E-state index in [1.165, 1.54) is 135 Å². The molecule has 40 heavy (non-hydrogen) atoms. The van der Waals surface area contributed by atoms with Crippen molar-refractivity contribution in [1.82, 2.24) is 5.32 Å². The Bertz CT molecular complexity index is 574. The Kier molecular flexibility index (Phi) is 31.5. The zero-order chi connectivity index (χ0) is 29.4. The van der Waals surface area contributed by atoms with Gasteiger partial charge in [0.15, 0.2) is 0 Å². The van der Waals surface area contributed by atoms with E-state index < -0.39 is 12.1 Å². The molecule has 0 aromatic rings. The average molecular weight is 564 g/mol. The van der Waals surface area contributed by atoms with E-state index in [9.17, 15) is 15.0 Å². The Morgan fingerprint density at radius 3 is 1.38 bits per heavy atom. The van der Waals surface area contributed by atoms with Crippen molar-refractivity contribution in [3.63, 3.8) is 0 Å². The fourth-order valence-corrected chi connectivity index (χ4v) is 5.17. The molecule has 1 amide bonds. The van der Waals surface area contributed by atoms with Crippen molar-refractivity contribution in [2.75, 3.05) is 6.61 Å². The molecule has 2 atom stereocenters. The maximum absolute atomic E-state index is 12.3. The number of hydrogen-bond donors (Lipinski definition) is 3. The summed E-state index contributed by atoms with van der Waals surface area (Å²) in [5, 5.41) is 22.7. The molecule has 0 saturated carbocycles. The first-order chi connectivity index (χ1) is 19.7. The molecule has 2 unspecified atom stereocenters. The Labute approximate surface area is 249 Å². The SMILES string of the molecule is CCCCCCCCC/C=C/C(O)C(CO)NC(=O)CCCCCCCCC/C=C\CCCCCCCCCC. The summed E-state index contributed by atoms with van der Waals surface area (Å²) in [4.78, 5) is 12.3. The first kappa shape index (κ1) is 38.9. The third-order valence-corrected chi connectivity index (χ3v) is 7.93. The van der Waals surface area contributed by atoms with Gasteiger partial charge in [0.1, 0.15) is 0 Å². The van der Waals surface area contributed by atoms with E-state index in [4.69, 9.17) is 0 Å². The summed E-state index contributed by atoms with van der Waals surface area (Å²) in [7, 11) is 0. The van der Waals surface area contributed by atoms with Gasteiger partial charge in [-0.25, -0.2) is 0 Å². The Balaban J connectivity index is 3.58. The molecule has 0 saturated heterocycles. The largest absolute Gasteiger partial charge is 0.394 e. The number of allylic oxidation sites excluding steroid dienone is 3. The maximum Gasteiger partial charge on any atom is 0.220 e. The van der Waals surface area contributed by atoms with E-state index in [2.05, 4.69) is 31.3 Å². The van der Waals surface area contributed by atoms with Crippen LogP contribution in [0.5, 0.6) is 0 Å². The Morgan fingerprint density at radius 2 is 0.950 bits per heavy atom. The third kappa shape index (κ3) is 28.4. The molecule has 0 spiro atoms. The predicted octanol–water partition coefficient (Wildman–Crippen LogP) is 10.1. The molecule has 0 radical (unpaired) electrons. The smallest absolute Gasteiger partial charge is 0.220 e. The molecule has 0 fully saturated rings. The number of unbranched alkanes of at least 4 members (excludes halogenated alkanes) is 22. The van der Waals surface area contributed by atoms with Crippen LogP contribution in [0.1, 0.15) is 181 Å². The van der Waals surface area contributed by atoms with Crippen LogP contribution >= 0.6 is 0 Å². The first-order valence-corrected chi connectivity index (χ1v) is 17.6. The van der Waals surface area contributed by atoms with Crippen molar-refractivity contribution < 1.29 is 15.0 Å². The summed E-state index contributed by atoms with van der Waals surface area (Å²) in [6.07, 6.45) is 39.8. The molecule has 3 N–H and O–H groups in total. The van der Waals surface area contributed by atoms with Gasteiger partial charge in [-0.2, -0.15) is 0 Å². The number of amides is 1. The quantitative estimate of drug-likeness (QED) is 0.0580. The molecule has 0 bridgehead atoms. The van der Waals surface area contributed by atoms with Gasteiger partial charge in [0.2, 0.25) is 5.91 Å². The van der Waals surface area contributed by atoms with E-state index in [-0.39, 0.29) is 12.5 Å². The lowest BCUT2D eigenvalue weighted by molar-refractivity contribution is -0.123. The molecular formula is C36H69NO3. The molecule has 0 rings (SSSR count). The molecular weight excluding hydrogens is 494 g/mol. The highest BCUT2D eigenvalue weighted by atomic mass is 16.3. The third-order valence-electron chi connectivity index (χ3n) is 7.93. The van der Waals surface area contributed by atoms with E-state index in [0.717, 1.165) is 25.7 Å². The lowest BCUT2D eigenvalue weighted by Crippen LogP contribution is -2.45. The van der Waals surface area contributed by atoms with Gasteiger partial charge in [0.05, 0.1) is 18.8 Å². The maximum atomic E-state index is 12.3. The van der Waals surface area contributed by atoms with E-state index in [1.807, 2.05) is 6.08 Å². The Hall–Kier alpha value is -1.13. The summed E-state index contributed by atoms with van der Waals surface area (Å²) in [5.74, 6) is -0.0719. The lowest BCUT2D eigenvalue weighted by Gasteiger charge is -2.20. The van der Waals surface area contributed by atoms with Crippen LogP contribution in [0, 0.1) is 0 Å². The van der Waals surface area contributed by atoms with Crippen LogP contribution in [0.25, 0.3) is 0 Å². The Morgan fingerprint density at radius 1 is 0.575 bits per heavy atom. The second-order valence-electron chi connectivity index (χ2n) is 11.9. The van der Waals surface area contributed by atoms with Crippen LogP contribution in [0.3, 0.4) is 0 Å². The standard InChI is InChI=1S/C36H69NO3/c1-3-5-7-9-11-13-14-15-16-17-18-19-20-21-22-24-26-28-30-32-36(40)37-34(33-38)35(39)31-29-27-25-23-12-10-8-6-4-2/h17-18,29,31,34-35,38-39H,3-16,19-28,30,32-33H2,1-2H3,(H,37,40)/b18-17-,31-29+. The number of aliphatic hydroxyl groups is 2. The van der Waals surface area contributed by atoms with E-state index in [1.54, 1.807) is 6.08 Å². The van der Waals surface area contributed by atoms with Crippen molar-refractivity contribution in [2.45, 2.75) is 193 Å².